The van der Waals surface area contributed by atoms with Gasteiger partial charge in [-0.15, -0.1) is 0 Å². The minimum absolute atomic E-state index is 0.105. The van der Waals surface area contributed by atoms with Crippen LogP contribution in [0, 0.1) is 0 Å². The van der Waals surface area contributed by atoms with Crippen molar-refractivity contribution >= 4 is 11.8 Å². The number of hydrogen-bond acceptors (Lipinski definition) is 4. The molecule has 1 saturated heterocycles. The van der Waals surface area contributed by atoms with Crippen LogP contribution in [0.25, 0.3) is 0 Å². The quantitative estimate of drug-likeness (QED) is 0.767. The second-order valence-electron chi connectivity index (χ2n) is 4.47. The van der Waals surface area contributed by atoms with E-state index in [4.69, 9.17) is 10.5 Å². The number of amides is 2. The molecule has 2 N–H and O–H groups in total. The summed E-state index contributed by atoms with van der Waals surface area (Å²) in [6.07, 6.45) is 1.50. The van der Waals surface area contributed by atoms with Crippen LogP contribution in [0.3, 0.4) is 0 Å². The van der Waals surface area contributed by atoms with E-state index in [1.54, 1.807) is 0 Å². The van der Waals surface area contributed by atoms with Gasteiger partial charge in [0.05, 0.1) is 6.54 Å². The topological polar surface area (TPSA) is 72.6 Å². The van der Waals surface area contributed by atoms with Crippen molar-refractivity contribution in [3.8, 4) is 5.75 Å². The summed E-state index contributed by atoms with van der Waals surface area (Å²) in [6.45, 7) is 1.27. The second kappa shape index (κ2) is 6.33. The molecule has 0 unspecified atom stereocenters. The molecular formula is C14H18N2O3. The standard InChI is InChI=1S/C14H18N2O3/c15-8-7-11-1-3-12(4-2-11)19-10-9-16-13(17)5-6-14(16)18/h1-4H,5-10,15H2. The van der Waals surface area contributed by atoms with Crippen molar-refractivity contribution in [2.45, 2.75) is 19.3 Å². The van der Waals surface area contributed by atoms with E-state index in [0.29, 0.717) is 32.5 Å². The molecule has 0 saturated carbocycles. The molecule has 2 amide bonds. The molecule has 5 heteroatoms. The average Bonchev–Trinajstić information content (AvgIpc) is 2.73. The summed E-state index contributed by atoms with van der Waals surface area (Å²) in [7, 11) is 0. The molecule has 0 bridgehead atoms. The van der Waals surface area contributed by atoms with E-state index in [9.17, 15) is 9.59 Å². The molecule has 1 aromatic rings. The highest BCUT2D eigenvalue weighted by Crippen LogP contribution is 2.14. The van der Waals surface area contributed by atoms with Crippen molar-refractivity contribution in [1.82, 2.24) is 4.90 Å². The third-order valence-electron chi connectivity index (χ3n) is 3.09. The normalized spacial score (nSPS) is 15.1. The summed E-state index contributed by atoms with van der Waals surface area (Å²) >= 11 is 0. The van der Waals surface area contributed by atoms with Crippen LogP contribution in [0.4, 0.5) is 0 Å². The van der Waals surface area contributed by atoms with Crippen LogP contribution >= 0.6 is 0 Å². The molecule has 1 heterocycles. The van der Waals surface area contributed by atoms with E-state index in [-0.39, 0.29) is 11.8 Å². The Hall–Kier alpha value is -1.88. The van der Waals surface area contributed by atoms with E-state index in [1.165, 1.54) is 10.5 Å². The van der Waals surface area contributed by atoms with Crippen LogP contribution in [-0.2, 0) is 16.0 Å². The molecule has 1 aromatic carbocycles. The number of imide groups is 1. The Labute approximate surface area is 112 Å². The first-order chi connectivity index (χ1) is 9.20. The zero-order valence-corrected chi connectivity index (χ0v) is 10.8. The molecule has 0 aliphatic carbocycles. The van der Waals surface area contributed by atoms with Gasteiger partial charge in [-0.25, -0.2) is 0 Å². The highest BCUT2D eigenvalue weighted by atomic mass is 16.5. The number of nitrogens with two attached hydrogens (primary N) is 1. The molecule has 5 nitrogen and oxygen atoms in total. The summed E-state index contributed by atoms with van der Waals surface area (Å²) < 4.78 is 5.52. The van der Waals surface area contributed by atoms with Gasteiger partial charge in [0.15, 0.2) is 0 Å². The summed E-state index contributed by atoms with van der Waals surface area (Å²) in [4.78, 5) is 24.0. The number of carbonyl (C=O) groups excluding carboxylic acids is 2. The van der Waals surface area contributed by atoms with Crippen LogP contribution in [0.2, 0.25) is 0 Å². The first-order valence-corrected chi connectivity index (χ1v) is 6.45. The Morgan fingerprint density at radius 2 is 1.74 bits per heavy atom. The maximum absolute atomic E-state index is 11.4. The van der Waals surface area contributed by atoms with Gasteiger partial charge in [-0.3, -0.25) is 14.5 Å². The largest absolute Gasteiger partial charge is 0.492 e. The molecule has 1 aliphatic rings. The molecule has 1 fully saturated rings. The third-order valence-corrected chi connectivity index (χ3v) is 3.09. The van der Waals surface area contributed by atoms with Crippen LogP contribution in [0.5, 0.6) is 5.75 Å². The van der Waals surface area contributed by atoms with Crippen LogP contribution in [0.1, 0.15) is 18.4 Å². The van der Waals surface area contributed by atoms with Gasteiger partial charge in [-0.2, -0.15) is 0 Å². The number of rotatable bonds is 6. The fourth-order valence-electron chi connectivity index (χ4n) is 2.05. The minimum Gasteiger partial charge on any atom is -0.492 e. The fourth-order valence-corrected chi connectivity index (χ4v) is 2.05. The fraction of sp³-hybridized carbons (Fsp3) is 0.429. The van der Waals surface area contributed by atoms with Crippen LogP contribution in [-0.4, -0.2) is 36.4 Å². The van der Waals surface area contributed by atoms with E-state index < -0.39 is 0 Å². The monoisotopic (exact) mass is 262 g/mol. The molecule has 0 spiro atoms. The Bertz CT molecular complexity index is 440. The summed E-state index contributed by atoms with van der Waals surface area (Å²) in [5.74, 6) is 0.527. The first-order valence-electron chi connectivity index (χ1n) is 6.45. The molecule has 2 rings (SSSR count). The summed E-state index contributed by atoms with van der Waals surface area (Å²) in [6, 6.07) is 7.68. The number of nitrogens with zero attached hydrogens (tertiary/aromatic N) is 1. The molecule has 1 aliphatic heterocycles. The average molecular weight is 262 g/mol. The zero-order chi connectivity index (χ0) is 13.7. The Morgan fingerprint density at radius 1 is 1.11 bits per heavy atom. The van der Waals surface area contributed by atoms with Gasteiger partial charge in [0.25, 0.3) is 0 Å². The van der Waals surface area contributed by atoms with E-state index in [0.717, 1.165) is 12.2 Å². The van der Waals surface area contributed by atoms with Crippen molar-refractivity contribution in [3.05, 3.63) is 29.8 Å². The van der Waals surface area contributed by atoms with Gasteiger partial charge in [-0.05, 0) is 30.7 Å². The Balaban J connectivity index is 1.79. The molecular weight excluding hydrogens is 244 g/mol. The summed E-state index contributed by atoms with van der Waals surface area (Å²) in [5.41, 5.74) is 6.64. The van der Waals surface area contributed by atoms with Gasteiger partial charge < -0.3 is 10.5 Å². The number of likely N-dealkylation sites (tertiary alicyclic amines) is 1. The molecule has 102 valence electrons. The predicted molar refractivity (Wildman–Crippen MR) is 70.6 cm³/mol. The number of carbonyl (C=O) groups is 2. The second-order valence-corrected chi connectivity index (χ2v) is 4.47. The van der Waals surface area contributed by atoms with Gasteiger partial charge in [-0.1, -0.05) is 12.1 Å². The highest BCUT2D eigenvalue weighted by Gasteiger charge is 2.28. The summed E-state index contributed by atoms with van der Waals surface area (Å²) in [5, 5.41) is 0. The minimum atomic E-state index is -0.105. The molecule has 0 aromatic heterocycles. The van der Waals surface area contributed by atoms with Gasteiger partial charge in [0.2, 0.25) is 11.8 Å². The maximum atomic E-state index is 11.4. The van der Waals surface area contributed by atoms with Crippen molar-refractivity contribution in [2.24, 2.45) is 5.73 Å². The van der Waals surface area contributed by atoms with Crippen molar-refractivity contribution in [1.29, 1.82) is 0 Å². The lowest BCUT2D eigenvalue weighted by Gasteiger charge is -2.14. The SMILES string of the molecule is NCCc1ccc(OCCN2C(=O)CCC2=O)cc1. The maximum Gasteiger partial charge on any atom is 0.229 e. The predicted octanol–water partition coefficient (Wildman–Crippen LogP) is 0.716. The van der Waals surface area contributed by atoms with E-state index >= 15 is 0 Å². The molecule has 0 radical (unpaired) electrons. The van der Waals surface area contributed by atoms with Gasteiger partial charge in [0, 0.05) is 12.8 Å². The number of hydrogen-bond donors (Lipinski definition) is 1. The zero-order valence-electron chi connectivity index (χ0n) is 10.8. The first kappa shape index (κ1) is 13.5. The van der Waals surface area contributed by atoms with Crippen LogP contribution < -0.4 is 10.5 Å². The lowest BCUT2D eigenvalue weighted by molar-refractivity contribution is -0.138. The van der Waals surface area contributed by atoms with Crippen LogP contribution in [0.15, 0.2) is 24.3 Å². The molecule has 19 heavy (non-hydrogen) atoms. The number of benzene rings is 1. The van der Waals surface area contributed by atoms with E-state index in [2.05, 4.69) is 0 Å². The third kappa shape index (κ3) is 3.54. The Kier molecular flexibility index (Phi) is 4.52. The van der Waals surface area contributed by atoms with Crippen molar-refractivity contribution < 1.29 is 14.3 Å². The number of ether oxygens (including phenoxy) is 1. The smallest absolute Gasteiger partial charge is 0.229 e. The highest BCUT2D eigenvalue weighted by molar-refractivity contribution is 6.01. The van der Waals surface area contributed by atoms with Gasteiger partial charge >= 0.3 is 0 Å². The van der Waals surface area contributed by atoms with Gasteiger partial charge in [0.1, 0.15) is 12.4 Å². The molecule has 0 atom stereocenters. The lowest BCUT2D eigenvalue weighted by atomic mass is 10.1. The lowest BCUT2D eigenvalue weighted by Crippen LogP contribution is -2.33. The van der Waals surface area contributed by atoms with E-state index in [1.807, 2.05) is 24.3 Å². The van der Waals surface area contributed by atoms with Crippen molar-refractivity contribution in [2.75, 3.05) is 19.7 Å². The Morgan fingerprint density at radius 3 is 2.32 bits per heavy atom. The van der Waals surface area contributed by atoms with Crippen molar-refractivity contribution in [3.63, 3.8) is 0 Å².